The number of aliphatic carboxylic acids is 1. The molecule has 0 aromatic carbocycles. The fourth-order valence-electron chi connectivity index (χ4n) is 3.06. The van der Waals surface area contributed by atoms with Crippen LogP contribution in [-0.4, -0.2) is 72.1 Å². The molecule has 0 radical (unpaired) electrons. The van der Waals surface area contributed by atoms with Crippen molar-refractivity contribution in [1.82, 2.24) is 15.1 Å². The quantitative estimate of drug-likeness (QED) is 0.396. The van der Waals surface area contributed by atoms with Gasteiger partial charge in [0.15, 0.2) is 0 Å². The van der Waals surface area contributed by atoms with E-state index in [0.29, 0.717) is 64.4 Å². The Balaban J connectivity index is 0.00000392. The van der Waals surface area contributed by atoms with Crippen molar-refractivity contribution in [3.8, 4) is 0 Å². The van der Waals surface area contributed by atoms with Gasteiger partial charge in [-0.3, -0.25) is 9.79 Å². The predicted molar refractivity (Wildman–Crippen MR) is 96.8 cm³/mol. The number of carbonyl (C=O) groups excluding carboxylic acids is 3. The van der Waals surface area contributed by atoms with Crippen LogP contribution in [0.3, 0.4) is 0 Å². The number of nitrogens with one attached hydrogen (secondary N) is 1. The summed E-state index contributed by atoms with van der Waals surface area (Å²) in [7, 11) is 0. The van der Waals surface area contributed by atoms with Gasteiger partial charge in [0, 0.05) is 37.9 Å². The average molecular weight is 388 g/mol. The van der Waals surface area contributed by atoms with E-state index in [9.17, 15) is 19.5 Å². The third kappa shape index (κ3) is 7.36. The van der Waals surface area contributed by atoms with E-state index in [2.05, 4.69) is 10.3 Å². The molecule has 1 fully saturated rings. The normalized spacial score (nSPS) is 17.6. The molecule has 2 heterocycles. The van der Waals surface area contributed by atoms with Crippen LogP contribution >= 0.6 is 0 Å². The second kappa shape index (κ2) is 10.7. The van der Waals surface area contributed by atoms with E-state index in [1.54, 1.807) is 4.90 Å². The fourth-order valence-corrected chi connectivity index (χ4v) is 3.06. The van der Waals surface area contributed by atoms with E-state index in [-0.39, 0.29) is 24.8 Å². The van der Waals surface area contributed by atoms with Crippen LogP contribution in [0.4, 0.5) is 4.79 Å². The topological polar surface area (TPSA) is 114 Å². The molecule has 2 aliphatic rings. The smallest absolute Gasteiger partial charge is 0.550 e. The van der Waals surface area contributed by atoms with E-state index in [1.165, 1.54) is 4.90 Å². The number of hydrogen-bond acceptors (Lipinski definition) is 7. The molecule has 0 bridgehead atoms. The second-order valence-corrected chi connectivity index (χ2v) is 7.84. The summed E-state index contributed by atoms with van der Waals surface area (Å²) in [6.45, 7) is 7.87. The first kappa shape index (κ1) is 24.3. The molecular formula is C18H29LiN4O5. The van der Waals surface area contributed by atoms with Gasteiger partial charge in [0.25, 0.3) is 0 Å². The van der Waals surface area contributed by atoms with Gasteiger partial charge in [-0.15, -0.1) is 0 Å². The number of hydrogen-bond donors (Lipinski definition) is 1. The van der Waals surface area contributed by atoms with E-state index < -0.39 is 23.6 Å². The van der Waals surface area contributed by atoms with E-state index in [1.807, 2.05) is 20.8 Å². The Labute approximate surface area is 178 Å². The zero-order chi connectivity index (χ0) is 20.0. The molecule has 0 atom stereocenters. The summed E-state index contributed by atoms with van der Waals surface area (Å²) in [5.74, 6) is -0.981. The number of carboxylic acid groups (broad SMARTS) is 1. The van der Waals surface area contributed by atoms with Crippen LogP contribution in [0, 0.1) is 5.92 Å². The second-order valence-electron chi connectivity index (χ2n) is 7.84. The average Bonchev–Trinajstić information content (AvgIpc) is 3.06. The molecule has 10 heteroatoms. The van der Waals surface area contributed by atoms with Gasteiger partial charge in [-0.05, 0) is 40.0 Å². The van der Waals surface area contributed by atoms with Crippen molar-refractivity contribution in [1.29, 1.82) is 0 Å². The molecular weight excluding hydrogens is 359 g/mol. The SMILES string of the molecule is CC(C)(C)OC(=O)N1CCN=C1NCCCC(=O)N1CCC(C(=O)[O-])CC1.[Li+]. The number of piperidine rings is 1. The van der Waals surface area contributed by atoms with Crippen LogP contribution in [0.2, 0.25) is 0 Å². The zero-order valence-corrected chi connectivity index (χ0v) is 17.3. The molecule has 0 aromatic rings. The van der Waals surface area contributed by atoms with Gasteiger partial charge in [-0.25, -0.2) is 9.69 Å². The first-order valence-electron chi connectivity index (χ1n) is 9.45. The van der Waals surface area contributed by atoms with Crippen molar-refractivity contribution < 1.29 is 43.1 Å². The summed E-state index contributed by atoms with van der Waals surface area (Å²) >= 11 is 0. The molecule has 2 amide bonds. The molecule has 152 valence electrons. The van der Waals surface area contributed by atoms with Crippen LogP contribution < -0.4 is 29.3 Å². The number of ether oxygens (including phenoxy) is 1. The van der Waals surface area contributed by atoms with Gasteiger partial charge in [0.05, 0.1) is 13.1 Å². The van der Waals surface area contributed by atoms with E-state index in [4.69, 9.17) is 4.74 Å². The summed E-state index contributed by atoms with van der Waals surface area (Å²) in [6.07, 6.45) is 1.43. The number of carbonyl (C=O) groups is 3. The summed E-state index contributed by atoms with van der Waals surface area (Å²) < 4.78 is 5.36. The van der Waals surface area contributed by atoms with Gasteiger partial charge in [0.1, 0.15) is 5.60 Å². The summed E-state index contributed by atoms with van der Waals surface area (Å²) in [5.41, 5.74) is -0.568. The summed E-state index contributed by atoms with van der Waals surface area (Å²) in [4.78, 5) is 42.7. The molecule has 1 saturated heterocycles. The Hall–Kier alpha value is -1.72. The molecule has 0 aromatic heterocycles. The third-order valence-electron chi connectivity index (χ3n) is 4.49. The van der Waals surface area contributed by atoms with Crippen molar-refractivity contribution in [2.24, 2.45) is 10.9 Å². The van der Waals surface area contributed by atoms with E-state index >= 15 is 0 Å². The van der Waals surface area contributed by atoms with E-state index in [0.717, 1.165) is 0 Å². The molecule has 2 rings (SSSR count). The number of aliphatic imine (C=N–C) groups is 1. The Bertz CT molecular complexity index is 597. The summed E-state index contributed by atoms with van der Waals surface area (Å²) in [5, 5.41) is 13.9. The first-order chi connectivity index (χ1) is 12.7. The summed E-state index contributed by atoms with van der Waals surface area (Å²) in [6, 6.07) is 0. The van der Waals surface area contributed by atoms with Gasteiger partial charge < -0.3 is 24.9 Å². The van der Waals surface area contributed by atoms with Crippen LogP contribution in [0.5, 0.6) is 0 Å². The minimum atomic E-state index is -1.03. The standard InChI is InChI=1S/C18H30N4O5.Li/c1-18(2,3)27-17(26)22-12-9-20-16(22)19-8-4-5-14(23)21-10-6-13(7-11-21)15(24)25;/h13H,4-12H2,1-3H3,(H,19,20)(H,24,25);/q;+1/p-1. The third-order valence-corrected chi connectivity index (χ3v) is 4.49. The monoisotopic (exact) mass is 388 g/mol. The number of nitrogens with zero attached hydrogens (tertiary/aromatic N) is 3. The largest absolute Gasteiger partial charge is 1.00 e. The van der Waals surface area contributed by atoms with Crippen molar-refractivity contribution in [3.05, 3.63) is 0 Å². The first-order valence-corrected chi connectivity index (χ1v) is 9.45. The fraction of sp³-hybridized carbons (Fsp3) is 0.778. The van der Waals surface area contributed by atoms with Crippen molar-refractivity contribution in [3.63, 3.8) is 0 Å². The molecule has 0 saturated carbocycles. The Kier molecular flexibility index (Phi) is 9.31. The maximum Gasteiger partial charge on any atom is 1.00 e. The minimum Gasteiger partial charge on any atom is -0.550 e. The van der Waals surface area contributed by atoms with Crippen LogP contribution in [0.15, 0.2) is 4.99 Å². The number of rotatable bonds is 5. The molecule has 0 aliphatic carbocycles. The Morgan fingerprint density at radius 3 is 2.43 bits per heavy atom. The Morgan fingerprint density at radius 1 is 1.21 bits per heavy atom. The number of likely N-dealkylation sites (tertiary alicyclic amines) is 1. The molecule has 1 N–H and O–H groups in total. The van der Waals surface area contributed by atoms with Crippen molar-refractivity contribution in [2.45, 2.75) is 52.1 Å². The van der Waals surface area contributed by atoms with Gasteiger partial charge in [-0.2, -0.15) is 0 Å². The molecule has 2 aliphatic heterocycles. The number of carboxylic acids is 1. The number of amides is 2. The maximum absolute atomic E-state index is 12.2. The van der Waals surface area contributed by atoms with Crippen molar-refractivity contribution in [2.75, 3.05) is 32.7 Å². The van der Waals surface area contributed by atoms with Crippen LogP contribution in [0.1, 0.15) is 46.5 Å². The maximum atomic E-state index is 12.2. The Morgan fingerprint density at radius 2 is 1.86 bits per heavy atom. The van der Waals surface area contributed by atoms with Crippen LogP contribution in [-0.2, 0) is 14.3 Å². The van der Waals surface area contributed by atoms with Gasteiger partial charge in [0.2, 0.25) is 11.9 Å². The van der Waals surface area contributed by atoms with Gasteiger partial charge >= 0.3 is 25.0 Å². The van der Waals surface area contributed by atoms with Crippen molar-refractivity contribution >= 4 is 23.9 Å². The molecule has 0 spiro atoms. The minimum absolute atomic E-state index is 0. The number of guanidine groups is 1. The molecule has 28 heavy (non-hydrogen) atoms. The predicted octanol–water partition coefficient (Wildman–Crippen LogP) is -3.04. The zero-order valence-electron chi connectivity index (χ0n) is 17.3. The molecule has 9 nitrogen and oxygen atoms in total. The van der Waals surface area contributed by atoms with Gasteiger partial charge in [-0.1, -0.05) is 0 Å². The van der Waals surface area contributed by atoms with Crippen LogP contribution in [0.25, 0.3) is 0 Å². The molecule has 0 unspecified atom stereocenters.